The number of rotatable bonds is 2. The summed E-state index contributed by atoms with van der Waals surface area (Å²) in [6.45, 7) is 1.51. The molecular weight excluding hydrogens is 334 g/mol. The van der Waals surface area contributed by atoms with Crippen LogP contribution in [0.1, 0.15) is 18.5 Å². The van der Waals surface area contributed by atoms with Gasteiger partial charge in [-0.3, -0.25) is 4.79 Å². The molecule has 2 nitrogen and oxygen atoms in total. The first-order chi connectivity index (χ1) is 7.30. The zero-order chi connectivity index (χ0) is 12.3. The smallest absolute Gasteiger partial charge is 0.342 e. The summed E-state index contributed by atoms with van der Waals surface area (Å²) in [6, 6.07) is 6.25. The van der Waals surface area contributed by atoms with Gasteiger partial charge in [0.1, 0.15) is 0 Å². The van der Waals surface area contributed by atoms with Gasteiger partial charge in [0.25, 0.3) is 0 Å². The van der Waals surface area contributed by atoms with E-state index in [4.69, 9.17) is 0 Å². The maximum Gasteiger partial charge on any atom is 0.471 e. The molecule has 0 aliphatic heterocycles. The zero-order valence-electron chi connectivity index (χ0n) is 8.31. The van der Waals surface area contributed by atoms with Crippen molar-refractivity contribution >= 4 is 28.5 Å². The molecule has 1 aromatic carbocycles. The maximum atomic E-state index is 12.0. The lowest BCUT2D eigenvalue weighted by Gasteiger charge is -2.15. The van der Waals surface area contributed by atoms with Crippen molar-refractivity contribution < 1.29 is 18.0 Å². The van der Waals surface area contributed by atoms with Gasteiger partial charge >= 0.3 is 12.1 Å². The molecule has 0 saturated carbocycles. The van der Waals surface area contributed by atoms with Crippen molar-refractivity contribution in [3.8, 4) is 0 Å². The number of nitrogens with one attached hydrogen (secondary N) is 1. The van der Waals surface area contributed by atoms with Crippen molar-refractivity contribution in [3.63, 3.8) is 0 Å². The molecule has 0 radical (unpaired) electrons. The molecule has 1 amide bonds. The molecule has 0 spiro atoms. The van der Waals surface area contributed by atoms with Crippen LogP contribution in [0.4, 0.5) is 13.2 Å². The van der Waals surface area contributed by atoms with Crippen LogP contribution in [-0.2, 0) is 4.79 Å². The second-order valence-corrected chi connectivity index (χ2v) is 4.49. The number of hydrogen-bond acceptors (Lipinski definition) is 1. The summed E-state index contributed by atoms with van der Waals surface area (Å²) in [5.74, 6) is -1.92. The minimum Gasteiger partial charge on any atom is -0.342 e. The summed E-state index contributed by atoms with van der Waals surface area (Å²) >= 11 is 2.09. The van der Waals surface area contributed by atoms with E-state index in [-0.39, 0.29) is 0 Å². The molecule has 6 heteroatoms. The van der Waals surface area contributed by atoms with Gasteiger partial charge < -0.3 is 5.32 Å². The average Bonchev–Trinajstić information content (AvgIpc) is 2.17. The highest BCUT2D eigenvalue weighted by Gasteiger charge is 2.39. The Morgan fingerprint density at radius 2 is 1.81 bits per heavy atom. The minimum atomic E-state index is -4.84. The van der Waals surface area contributed by atoms with Gasteiger partial charge in [0.15, 0.2) is 0 Å². The Balaban J connectivity index is 2.69. The van der Waals surface area contributed by atoms with Crippen molar-refractivity contribution in [1.29, 1.82) is 0 Å². The maximum absolute atomic E-state index is 12.0. The van der Waals surface area contributed by atoms with E-state index < -0.39 is 18.1 Å². The van der Waals surface area contributed by atoms with E-state index in [2.05, 4.69) is 22.6 Å². The fourth-order valence-corrected chi connectivity index (χ4v) is 1.47. The molecule has 1 rings (SSSR count). The molecule has 0 aliphatic rings. The summed E-state index contributed by atoms with van der Waals surface area (Å²) in [5.41, 5.74) is 0.637. The first kappa shape index (κ1) is 13.3. The summed E-state index contributed by atoms with van der Waals surface area (Å²) in [7, 11) is 0. The number of carbonyl (C=O) groups excluding carboxylic acids is 1. The Labute approximate surface area is 104 Å². The standard InChI is InChI=1S/C10H9F3INO/c1-6(15-9(16)10(11,12)13)7-2-4-8(14)5-3-7/h2-6H,1H3,(H,15,16)/t6-/m0/s1. The van der Waals surface area contributed by atoms with Crippen LogP contribution in [0, 0.1) is 3.57 Å². The normalized spacial score (nSPS) is 13.3. The van der Waals surface area contributed by atoms with Gasteiger partial charge in [-0.15, -0.1) is 0 Å². The van der Waals surface area contributed by atoms with Crippen LogP contribution in [0.3, 0.4) is 0 Å². The van der Waals surface area contributed by atoms with E-state index in [1.807, 2.05) is 5.32 Å². The molecule has 0 saturated heterocycles. The zero-order valence-corrected chi connectivity index (χ0v) is 10.5. The lowest BCUT2D eigenvalue weighted by Crippen LogP contribution is -2.38. The molecule has 1 N–H and O–H groups in total. The Kier molecular flexibility index (Phi) is 4.17. The fraction of sp³-hybridized carbons (Fsp3) is 0.300. The molecule has 0 aromatic heterocycles. The van der Waals surface area contributed by atoms with Gasteiger partial charge in [-0.05, 0) is 47.2 Å². The van der Waals surface area contributed by atoms with E-state index in [1.54, 1.807) is 24.3 Å². The Morgan fingerprint density at radius 3 is 2.25 bits per heavy atom. The highest BCUT2D eigenvalue weighted by atomic mass is 127. The van der Waals surface area contributed by atoms with E-state index >= 15 is 0 Å². The SMILES string of the molecule is C[C@H](NC(=O)C(F)(F)F)c1ccc(I)cc1. The van der Waals surface area contributed by atoms with Crippen LogP contribution in [0.5, 0.6) is 0 Å². The average molecular weight is 343 g/mol. The Morgan fingerprint density at radius 1 is 1.31 bits per heavy atom. The number of benzene rings is 1. The van der Waals surface area contributed by atoms with Gasteiger partial charge in [0.05, 0.1) is 6.04 Å². The molecule has 1 aromatic rings. The number of amides is 1. The predicted molar refractivity (Wildman–Crippen MR) is 61.8 cm³/mol. The quantitative estimate of drug-likeness (QED) is 0.822. The summed E-state index contributed by atoms with van der Waals surface area (Å²) < 4.78 is 36.9. The van der Waals surface area contributed by atoms with Crippen molar-refractivity contribution in [3.05, 3.63) is 33.4 Å². The summed E-state index contributed by atoms with van der Waals surface area (Å²) in [5, 5.41) is 1.89. The van der Waals surface area contributed by atoms with Gasteiger partial charge in [0.2, 0.25) is 0 Å². The molecule has 88 valence electrons. The number of alkyl halides is 3. The van der Waals surface area contributed by atoms with Crippen LogP contribution in [-0.4, -0.2) is 12.1 Å². The highest BCUT2D eigenvalue weighted by molar-refractivity contribution is 14.1. The third kappa shape index (κ3) is 3.66. The second-order valence-electron chi connectivity index (χ2n) is 3.24. The molecule has 0 aliphatic carbocycles. The summed E-state index contributed by atoms with van der Waals surface area (Å²) in [6.07, 6.45) is -4.84. The van der Waals surface area contributed by atoms with E-state index in [1.165, 1.54) is 6.92 Å². The topological polar surface area (TPSA) is 29.1 Å². The van der Waals surface area contributed by atoms with Gasteiger partial charge in [-0.25, -0.2) is 0 Å². The molecular formula is C10H9F3INO. The fourth-order valence-electron chi connectivity index (χ4n) is 1.11. The van der Waals surface area contributed by atoms with Crippen molar-refractivity contribution in [1.82, 2.24) is 5.32 Å². The molecule has 0 bridgehead atoms. The van der Waals surface area contributed by atoms with Gasteiger partial charge in [-0.2, -0.15) is 13.2 Å². The van der Waals surface area contributed by atoms with Gasteiger partial charge in [-0.1, -0.05) is 12.1 Å². The molecule has 0 fully saturated rings. The third-order valence-electron chi connectivity index (χ3n) is 1.98. The van der Waals surface area contributed by atoms with Gasteiger partial charge in [0, 0.05) is 3.57 Å². The Hall–Kier alpha value is -0.790. The lowest BCUT2D eigenvalue weighted by molar-refractivity contribution is -0.174. The lowest BCUT2D eigenvalue weighted by atomic mass is 10.1. The minimum absolute atomic E-state index is 0.637. The third-order valence-corrected chi connectivity index (χ3v) is 2.69. The van der Waals surface area contributed by atoms with Crippen molar-refractivity contribution in [2.45, 2.75) is 19.1 Å². The van der Waals surface area contributed by atoms with E-state index in [9.17, 15) is 18.0 Å². The van der Waals surface area contributed by atoms with Crippen LogP contribution >= 0.6 is 22.6 Å². The van der Waals surface area contributed by atoms with E-state index in [0.29, 0.717) is 5.56 Å². The number of hydrogen-bond donors (Lipinski definition) is 1. The summed E-state index contributed by atoms with van der Waals surface area (Å²) in [4.78, 5) is 10.7. The molecule has 1 atom stereocenters. The van der Waals surface area contributed by atoms with E-state index in [0.717, 1.165) is 3.57 Å². The van der Waals surface area contributed by atoms with Crippen LogP contribution in [0.15, 0.2) is 24.3 Å². The predicted octanol–water partition coefficient (Wildman–Crippen LogP) is 3.03. The Bertz CT molecular complexity index is 375. The van der Waals surface area contributed by atoms with Crippen molar-refractivity contribution in [2.75, 3.05) is 0 Å². The largest absolute Gasteiger partial charge is 0.471 e. The monoisotopic (exact) mass is 343 g/mol. The van der Waals surface area contributed by atoms with Crippen LogP contribution in [0.2, 0.25) is 0 Å². The van der Waals surface area contributed by atoms with Crippen LogP contribution < -0.4 is 5.32 Å². The second kappa shape index (κ2) is 5.03. The first-order valence-electron chi connectivity index (χ1n) is 4.44. The number of halogens is 4. The number of carbonyl (C=O) groups is 1. The van der Waals surface area contributed by atoms with Crippen molar-refractivity contribution in [2.24, 2.45) is 0 Å². The first-order valence-corrected chi connectivity index (χ1v) is 5.51. The highest BCUT2D eigenvalue weighted by Crippen LogP contribution is 2.19. The molecule has 16 heavy (non-hydrogen) atoms. The van der Waals surface area contributed by atoms with Crippen LogP contribution in [0.25, 0.3) is 0 Å². The molecule has 0 unspecified atom stereocenters. The molecule has 0 heterocycles.